The zero-order chi connectivity index (χ0) is 14.9. The second-order valence-electron chi connectivity index (χ2n) is 3.78. The Balaban J connectivity index is 2.33. The molecule has 0 aliphatic rings. The topological polar surface area (TPSA) is 29.1 Å². The lowest BCUT2D eigenvalue weighted by molar-refractivity contribution is 0.102. The van der Waals surface area contributed by atoms with E-state index in [1.807, 2.05) is 5.32 Å². The second-order valence-corrected chi connectivity index (χ2v) is 3.78. The van der Waals surface area contributed by atoms with Crippen molar-refractivity contribution in [3.63, 3.8) is 0 Å². The van der Waals surface area contributed by atoms with Gasteiger partial charge < -0.3 is 5.32 Å². The van der Waals surface area contributed by atoms with Crippen molar-refractivity contribution in [2.75, 3.05) is 5.32 Å². The lowest BCUT2D eigenvalue weighted by Crippen LogP contribution is -2.16. The van der Waals surface area contributed by atoms with Crippen molar-refractivity contribution in [2.24, 2.45) is 0 Å². The Labute approximate surface area is 109 Å². The number of amides is 1. The smallest absolute Gasteiger partial charge is 0.258 e. The first-order chi connectivity index (χ1) is 9.41. The van der Waals surface area contributed by atoms with Crippen LogP contribution in [0.1, 0.15) is 10.4 Å². The van der Waals surface area contributed by atoms with E-state index >= 15 is 0 Å². The highest BCUT2D eigenvalue weighted by molar-refractivity contribution is 6.04. The molecule has 0 fully saturated rings. The summed E-state index contributed by atoms with van der Waals surface area (Å²) in [5, 5.41) is 1.84. The molecule has 0 heterocycles. The fraction of sp³-hybridized carbons (Fsp3) is 0. The first kappa shape index (κ1) is 14.0. The number of halogens is 5. The minimum absolute atomic E-state index is 0.593. The quantitative estimate of drug-likeness (QED) is 0.663. The predicted molar refractivity (Wildman–Crippen MR) is 60.6 cm³/mol. The lowest BCUT2D eigenvalue weighted by atomic mass is 10.2. The van der Waals surface area contributed by atoms with Crippen molar-refractivity contribution in [2.45, 2.75) is 0 Å². The van der Waals surface area contributed by atoms with Crippen LogP contribution < -0.4 is 5.32 Å². The van der Waals surface area contributed by atoms with Crippen LogP contribution in [0.4, 0.5) is 27.6 Å². The largest absolute Gasteiger partial charge is 0.319 e. The number of rotatable bonds is 2. The Bertz CT molecular complexity index is 687. The van der Waals surface area contributed by atoms with Crippen molar-refractivity contribution in [3.05, 3.63) is 65.0 Å². The zero-order valence-electron chi connectivity index (χ0n) is 9.68. The second kappa shape index (κ2) is 5.28. The third-order valence-electron chi connectivity index (χ3n) is 2.48. The maximum absolute atomic E-state index is 13.3. The highest BCUT2D eigenvalue weighted by atomic mass is 19.2. The standard InChI is InChI=1S/C13H6F5NO/c14-7-3-1-2-6(10(7)16)13(20)19-9-5-4-8(15)11(17)12(9)18/h1-5H,(H,19,20). The Morgan fingerprint density at radius 3 is 2.15 bits per heavy atom. The van der Waals surface area contributed by atoms with Gasteiger partial charge in [-0.3, -0.25) is 4.79 Å². The molecule has 0 saturated heterocycles. The van der Waals surface area contributed by atoms with Gasteiger partial charge in [0.25, 0.3) is 5.91 Å². The van der Waals surface area contributed by atoms with Crippen LogP contribution in [-0.4, -0.2) is 5.91 Å². The molecule has 2 aromatic rings. The third kappa shape index (κ3) is 2.47. The van der Waals surface area contributed by atoms with Crippen LogP contribution in [0.3, 0.4) is 0 Å². The molecule has 20 heavy (non-hydrogen) atoms. The molecule has 0 radical (unpaired) electrons. The average Bonchev–Trinajstić information content (AvgIpc) is 2.42. The minimum Gasteiger partial charge on any atom is -0.319 e. The molecule has 1 amide bonds. The van der Waals surface area contributed by atoms with Gasteiger partial charge in [-0.1, -0.05) is 6.07 Å². The molecule has 104 valence electrons. The highest BCUT2D eigenvalue weighted by Gasteiger charge is 2.19. The summed E-state index contributed by atoms with van der Waals surface area (Å²) >= 11 is 0. The number of hydrogen-bond acceptors (Lipinski definition) is 1. The van der Waals surface area contributed by atoms with Gasteiger partial charge in [0.15, 0.2) is 29.1 Å². The van der Waals surface area contributed by atoms with Crippen LogP contribution in [-0.2, 0) is 0 Å². The van der Waals surface area contributed by atoms with E-state index in [9.17, 15) is 26.7 Å². The summed E-state index contributed by atoms with van der Waals surface area (Å²) in [6.45, 7) is 0. The molecule has 0 aromatic heterocycles. The SMILES string of the molecule is O=C(Nc1ccc(F)c(F)c1F)c1cccc(F)c1F. The van der Waals surface area contributed by atoms with Gasteiger partial charge >= 0.3 is 0 Å². The van der Waals surface area contributed by atoms with E-state index in [1.54, 1.807) is 0 Å². The molecule has 7 heteroatoms. The molecule has 0 unspecified atom stereocenters. The van der Waals surface area contributed by atoms with Crippen LogP contribution in [0.5, 0.6) is 0 Å². The molecular formula is C13H6F5NO. The van der Waals surface area contributed by atoms with Gasteiger partial charge in [-0.15, -0.1) is 0 Å². The summed E-state index contributed by atoms with van der Waals surface area (Å²) in [6, 6.07) is 4.20. The fourth-order valence-corrected chi connectivity index (χ4v) is 1.49. The van der Waals surface area contributed by atoms with Gasteiger partial charge in [-0.05, 0) is 24.3 Å². The molecule has 0 saturated carbocycles. The highest BCUT2D eigenvalue weighted by Crippen LogP contribution is 2.21. The summed E-state index contributed by atoms with van der Waals surface area (Å²) in [5.41, 5.74) is -1.37. The summed E-state index contributed by atoms with van der Waals surface area (Å²) in [7, 11) is 0. The summed E-state index contributed by atoms with van der Waals surface area (Å²) in [4.78, 5) is 11.6. The van der Waals surface area contributed by atoms with E-state index in [1.165, 1.54) is 0 Å². The van der Waals surface area contributed by atoms with Crippen LogP contribution in [0, 0.1) is 29.1 Å². The van der Waals surface area contributed by atoms with Gasteiger partial charge in [0, 0.05) is 0 Å². The predicted octanol–water partition coefficient (Wildman–Crippen LogP) is 3.63. The van der Waals surface area contributed by atoms with Gasteiger partial charge in [0.2, 0.25) is 0 Å². The lowest BCUT2D eigenvalue weighted by Gasteiger charge is -2.08. The van der Waals surface area contributed by atoms with Crippen LogP contribution in [0.15, 0.2) is 30.3 Å². The van der Waals surface area contributed by atoms with Crippen LogP contribution in [0.25, 0.3) is 0 Å². The van der Waals surface area contributed by atoms with Gasteiger partial charge in [0.05, 0.1) is 11.3 Å². The number of anilines is 1. The number of carbonyl (C=O) groups excluding carboxylic acids is 1. The molecule has 2 rings (SSSR count). The fourth-order valence-electron chi connectivity index (χ4n) is 1.49. The van der Waals surface area contributed by atoms with E-state index in [2.05, 4.69) is 0 Å². The normalized spacial score (nSPS) is 10.4. The summed E-state index contributed by atoms with van der Waals surface area (Å²) in [6.07, 6.45) is 0. The molecule has 0 aliphatic carbocycles. The van der Waals surface area contributed by atoms with Crippen LogP contribution in [0.2, 0.25) is 0 Å². The Morgan fingerprint density at radius 2 is 1.45 bits per heavy atom. The molecule has 2 aromatic carbocycles. The van der Waals surface area contributed by atoms with Crippen LogP contribution >= 0.6 is 0 Å². The first-order valence-electron chi connectivity index (χ1n) is 5.30. The maximum Gasteiger partial charge on any atom is 0.258 e. The van der Waals surface area contributed by atoms with Crippen molar-refractivity contribution >= 4 is 11.6 Å². The molecular weight excluding hydrogens is 281 g/mol. The van der Waals surface area contributed by atoms with Crippen molar-refractivity contribution in [1.29, 1.82) is 0 Å². The molecule has 0 atom stereocenters. The monoisotopic (exact) mass is 287 g/mol. The van der Waals surface area contributed by atoms with Crippen molar-refractivity contribution < 1.29 is 26.7 Å². The van der Waals surface area contributed by atoms with Gasteiger partial charge in [0.1, 0.15) is 0 Å². The molecule has 1 N–H and O–H groups in total. The van der Waals surface area contributed by atoms with Gasteiger partial charge in [-0.2, -0.15) is 0 Å². The zero-order valence-corrected chi connectivity index (χ0v) is 9.68. The average molecular weight is 287 g/mol. The Hall–Kier alpha value is -2.44. The number of benzene rings is 2. The number of nitrogens with one attached hydrogen (secondary N) is 1. The summed E-state index contributed by atoms with van der Waals surface area (Å²) < 4.78 is 65.2. The Kier molecular flexibility index (Phi) is 3.69. The maximum atomic E-state index is 13.3. The number of hydrogen-bond donors (Lipinski definition) is 1. The van der Waals surface area contributed by atoms with Gasteiger partial charge in [-0.25, -0.2) is 22.0 Å². The molecule has 2 nitrogen and oxygen atoms in total. The van der Waals surface area contributed by atoms with E-state index < -0.39 is 46.2 Å². The van der Waals surface area contributed by atoms with E-state index in [0.717, 1.165) is 24.3 Å². The summed E-state index contributed by atoms with van der Waals surface area (Å²) in [5.74, 6) is -8.71. The van der Waals surface area contributed by atoms with E-state index in [4.69, 9.17) is 0 Å². The molecule has 0 bridgehead atoms. The van der Waals surface area contributed by atoms with Crippen molar-refractivity contribution in [1.82, 2.24) is 0 Å². The third-order valence-corrected chi connectivity index (χ3v) is 2.48. The molecule has 0 spiro atoms. The van der Waals surface area contributed by atoms with E-state index in [-0.39, 0.29) is 0 Å². The molecule has 0 aliphatic heterocycles. The van der Waals surface area contributed by atoms with E-state index in [0.29, 0.717) is 6.07 Å². The first-order valence-corrected chi connectivity index (χ1v) is 5.30. The minimum atomic E-state index is -1.78. The Morgan fingerprint density at radius 1 is 0.800 bits per heavy atom. The number of carbonyl (C=O) groups is 1. The van der Waals surface area contributed by atoms with Crippen molar-refractivity contribution in [3.8, 4) is 0 Å².